The van der Waals surface area contributed by atoms with Crippen molar-refractivity contribution >= 4 is 62.7 Å². The number of benzene rings is 2. The van der Waals surface area contributed by atoms with E-state index in [4.69, 9.17) is 17.0 Å². The van der Waals surface area contributed by atoms with Crippen molar-refractivity contribution in [3.05, 3.63) is 74.9 Å². The van der Waals surface area contributed by atoms with Crippen molar-refractivity contribution in [3.8, 4) is 0 Å². The Morgan fingerprint density at radius 3 is 2.48 bits per heavy atom. The predicted octanol–water partition coefficient (Wildman–Crippen LogP) is 6.34. The number of para-hydroxylation sites is 1. The Morgan fingerprint density at radius 1 is 1.07 bits per heavy atom. The van der Waals surface area contributed by atoms with Crippen LogP contribution in [0.25, 0.3) is 10.5 Å². The Morgan fingerprint density at radius 2 is 1.76 bits per heavy atom. The van der Waals surface area contributed by atoms with Crippen LogP contribution in [0.4, 0.5) is 5.69 Å². The van der Waals surface area contributed by atoms with Crippen LogP contribution >= 0.6 is 35.7 Å². The van der Waals surface area contributed by atoms with Gasteiger partial charge in [-0.1, -0.05) is 84.3 Å². The average molecular weight is 440 g/mol. The second kappa shape index (κ2) is 8.01. The Balaban J connectivity index is 1.86. The second-order valence-corrected chi connectivity index (χ2v) is 9.94. The van der Waals surface area contributed by atoms with Crippen LogP contribution in [-0.4, -0.2) is 23.0 Å². The Bertz CT molecular complexity index is 1050. The molecule has 2 heterocycles. The highest BCUT2D eigenvalue weighted by atomic mass is 32.2. The van der Waals surface area contributed by atoms with Gasteiger partial charge in [-0.15, -0.1) is 0 Å². The normalized spacial score (nSPS) is 20.3. The van der Waals surface area contributed by atoms with Gasteiger partial charge < -0.3 is 10.1 Å². The molecule has 0 fully saturated rings. The second-order valence-electron chi connectivity index (χ2n) is 7.24. The van der Waals surface area contributed by atoms with Crippen molar-refractivity contribution < 1.29 is 9.53 Å². The topological polar surface area (TPSA) is 38.3 Å². The van der Waals surface area contributed by atoms with Crippen molar-refractivity contribution in [1.29, 1.82) is 0 Å². The molecular formula is C23H21NO2S3. The van der Waals surface area contributed by atoms with E-state index in [0.29, 0.717) is 11.5 Å². The van der Waals surface area contributed by atoms with Gasteiger partial charge in [-0.2, -0.15) is 0 Å². The van der Waals surface area contributed by atoms with E-state index in [0.717, 1.165) is 36.4 Å². The van der Waals surface area contributed by atoms with Gasteiger partial charge in [-0.05, 0) is 32.4 Å². The Labute approximate surface area is 185 Å². The molecule has 0 atom stereocenters. The van der Waals surface area contributed by atoms with Crippen LogP contribution in [0, 0.1) is 0 Å². The third-order valence-corrected chi connectivity index (χ3v) is 8.08. The van der Waals surface area contributed by atoms with Crippen molar-refractivity contribution in [1.82, 2.24) is 0 Å². The van der Waals surface area contributed by atoms with Crippen molar-refractivity contribution in [2.24, 2.45) is 0 Å². The molecular weight excluding hydrogens is 418 g/mol. The fourth-order valence-electron chi connectivity index (χ4n) is 3.35. The lowest BCUT2D eigenvalue weighted by Crippen LogP contribution is -2.43. The molecule has 6 heteroatoms. The monoisotopic (exact) mass is 439 g/mol. The number of fused-ring (bicyclic) bond motifs is 1. The van der Waals surface area contributed by atoms with E-state index in [1.54, 1.807) is 11.8 Å². The van der Waals surface area contributed by atoms with Crippen LogP contribution in [0.2, 0.25) is 0 Å². The number of rotatable bonds is 3. The number of nitrogens with one attached hydrogen (secondary N) is 1. The minimum atomic E-state index is -0.354. The summed E-state index contributed by atoms with van der Waals surface area (Å²) in [5, 5.41) is 3.54. The van der Waals surface area contributed by atoms with Gasteiger partial charge in [0.25, 0.3) is 0 Å². The first-order valence-electron chi connectivity index (χ1n) is 9.41. The molecule has 0 saturated heterocycles. The largest absolute Gasteiger partial charge is 0.462 e. The summed E-state index contributed by atoms with van der Waals surface area (Å²) in [7, 11) is 0. The van der Waals surface area contributed by atoms with Crippen molar-refractivity contribution in [2.75, 3.05) is 11.9 Å². The van der Waals surface area contributed by atoms with Crippen molar-refractivity contribution in [2.45, 2.75) is 26.3 Å². The molecule has 0 amide bonds. The number of carbonyl (C=O) groups is 1. The number of ether oxygens (including phenoxy) is 1. The molecule has 29 heavy (non-hydrogen) atoms. The molecule has 2 aliphatic heterocycles. The van der Waals surface area contributed by atoms with Gasteiger partial charge in [-0.3, -0.25) is 0 Å². The SMILES string of the molecule is CCOC(=O)C1=C(c2ccccc2)S/C(=C2/C(=S)C(C)(C)Nc3ccccc32)S1. The number of hydrogen-bond acceptors (Lipinski definition) is 6. The summed E-state index contributed by atoms with van der Waals surface area (Å²) in [6.07, 6.45) is 0. The highest BCUT2D eigenvalue weighted by Gasteiger charge is 2.38. The third kappa shape index (κ3) is 3.77. The smallest absolute Gasteiger partial charge is 0.346 e. The first-order valence-corrected chi connectivity index (χ1v) is 11.5. The number of carbonyl (C=O) groups excluding carboxylic acids is 1. The van der Waals surface area contributed by atoms with Gasteiger partial charge in [0, 0.05) is 26.6 Å². The van der Waals surface area contributed by atoms with Gasteiger partial charge in [-0.25, -0.2) is 4.79 Å². The molecule has 1 N–H and O–H groups in total. The highest BCUT2D eigenvalue weighted by molar-refractivity contribution is 8.32. The lowest BCUT2D eigenvalue weighted by Gasteiger charge is -2.36. The van der Waals surface area contributed by atoms with E-state index in [1.165, 1.54) is 11.8 Å². The number of hydrogen-bond donors (Lipinski definition) is 1. The van der Waals surface area contributed by atoms with Gasteiger partial charge in [0.1, 0.15) is 4.91 Å². The maximum Gasteiger partial charge on any atom is 0.346 e. The summed E-state index contributed by atoms with van der Waals surface area (Å²) < 4.78 is 6.38. The van der Waals surface area contributed by atoms with E-state index in [9.17, 15) is 4.79 Å². The van der Waals surface area contributed by atoms with Crippen LogP contribution in [0.5, 0.6) is 0 Å². The Hall–Kier alpha value is -2.02. The summed E-state index contributed by atoms with van der Waals surface area (Å²) in [4.78, 5) is 15.1. The predicted molar refractivity (Wildman–Crippen MR) is 129 cm³/mol. The molecule has 2 aliphatic rings. The molecule has 0 aromatic heterocycles. The molecule has 4 rings (SSSR count). The maximum atomic E-state index is 12.7. The molecule has 2 aromatic rings. The fraction of sp³-hybridized carbons (Fsp3) is 0.217. The van der Waals surface area contributed by atoms with E-state index >= 15 is 0 Å². The maximum absolute atomic E-state index is 12.7. The first-order chi connectivity index (χ1) is 13.9. The average Bonchev–Trinajstić information content (AvgIpc) is 3.15. The Kier molecular flexibility index (Phi) is 5.60. The van der Waals surface area contributed by atoms with Crippen LogP contribution in [0.3, 0.4) is 0 Å². The van der Waals surface area contributed by atoms with E-state index in [1.807, 2.05) is 49.4 Å². The van der Waals surface area contributed by atoms with Crippen LogP contribution in [0.1, 0.15) is 31.9 Å². The third-order valence-electron chi connectivity index (χ3n) is 4.73. The molecule has 0 aliphatic carbocycles. The van der Waals surface area contributed by atoms with Gasteiger partial charge in [0.15, 0.2) is 0 Å². The minimum absolute atomic E-state index is 0.285. The fourth-order valence-corrected chi connectivity index (χ4v) is 6.44. The van der Waals surface area contributed by atoms with Gasteiger partial charge >= 0.3 is 5.97 Å². The summed E-state index contributed by atoms with van der Waals surface area (Å²) in [5.41, 5.74) is 3.82. The van der Waals surface area contributed by atoms with E-state index in [2.05, 4.69) is 31.3 Å². The molecule has 0 radical (unpaired) electrons. The standard InChI is InChI=1S/C23H21NO2S3/c1-4-26-21(25)19-18(14-10-6-5-7-11-14)28-22(29-19)17-15-12-8-9-13-16(15)24-23(2,3)20(17)27/h5-13,24H,4H2,1-3H3/b22-17-. The molecule has 0 unspecified atom stereocenters. The van der Waals surface area contributed by atoms with Crippen LogP contribution in [-0.2, 0) is 9.53 Å². The van der Waals surface area contributed by atoms with Crippen molar-refractivity contribution in [3.63, 3.8) is 0 Å². The van der Waals surface area contributed by atoms with Crippen LogP contribution < -0.4 is 5.32 Å². The number of esters is 1. The highest BCUT2D eigenvalue weighted by Crippen LogP contribution is 2.57. The molecule has 0 spiro atoms. The molecule has 148 valence electrons. The first kappa shape index (κ1) is 20.3. The summed E-state index contributed by atoms with van der Waals surface area (Å²) >= 11 is 8.98. The number of thiocarbonyl (C=S) groups is 1. The molecule has 3 nitrogen and oxygen atoms in total. The molecule has 0 saturated carbocycles. The van der Waals surface area contributed by atoms with Crippen LogP contribution in [0.15, 0.2) is 63.7 Å². The van der Waals surface area contributed by atoms with E-state index < -0.39 is 0 Å². The van der Waals surface area contributed by atoms with Gasteiger partial charge in [0.2, 0.25) is 0 Å². The van der Waals surface area contributed by atoms with E-state index in [-0.39, 0.29) is 11.5 Å². The molecule has 2 aromatic carbocycles. The summed E-state index contributed by atoms with van der Waals surface area (Å²) in [6.45, 7) is 6.36. The zero-order chi connectivity index (χ0) is 20.6. The lowest BCUT2D eigenvalue weighted by atomic mass is 9.86. The number of anilines is 1. The minimum Gasteiger partial charge on any atom is -0.462 e. The molecule has 0 bridgehead atoms. The zero-order valence-corrected chi connectivity index (χ0v) is 18.9. The quantitative estimate of drug-likeness (QED) is 0.342. The number of thioether (sulfide) groups is 2. The van der Waals surface area contributed by atoms with Gasteiger partial charge in [0.05, 0.1) is 16.4 Å². The zero-order valence-electron chi connectivity index (χ0n) is 16.4. The summed E-state index contributed by atoms with van der Waals surface area (Å²) in [6, 6.07) is 18.2. The lowest BCUT2D eigenvalue weighted by molar-refractivity contribution is -0.137. The summed E-state index contributed by atoms with van der Waals surface area (Å²) in [5.74, 6) is -0.285.